The monoisotopic (exact) mass is 467 g/mol. The van der Waals surface area contributed by atoms with Gasteiger partial charge in [0.2, 0.25) is 11.7 Å². The molecule has 0 atom stereocenters. The molecule has 0 aliphatic carbocycles. The average Bonchev–Trinajstić information content (AvgIpc) is 2.87. The maximum Gasteiger partial charge on any atom is 0.254 e. The number of ketones is 1. The molecular weight excluding hydrogens is 438 g/mol. The Morgan fingerprint density at radius 3 is 2.24 bits per heavy atom. The first kappa shape index (κ1) is 23.6. The van der Waals surface area contributed by atoms with Crippen LogP contribution in [0.3, 0.4) is 0 Å². The van der Waals surface area contributed by atoms with Gasteiger partial charge in [-0.05, 0) is 30.2 Å². The third-order valence-electron chi connectivity index (χ3n) is 6.28. The molecule has 1 saturated heterocycles. The molecule has 2 amide bonds. The highest BCUT2D eigenvalue weighted by atomic mass is 16.5. The lowest BCUT2D eigenvalue weighted by Crippen LogP contribution is -2.50. The van der Waals surface area contributed by atoms with Crippen LogP contribution in [0.5, 0.6) is 17.2 Å². The largest absolute Gasteiger partial charge is 0.493 e. The molecule has 9 nitrogen and oxygen atoms in total. The number of methoxy groups -OCH3 is 3. The number of rotatable bonds is 7. The van der Waals surface area contributed by atoms with Crippen LogP contribution in [0.2, 0.25) is 0 Å². The van der Waals surface area contributed by atoms with Gasteiger partial charge in [-0.3, -0.25) is 19.3 Å². The number of amides is 2. The normalized spacial score (nSPS) is 15.9. The molecule has 0 radical (unpaired) electrons. The Labute approximate surface area is 198 Å². The molecule has 9 heteroatoms. The number of fused-ring (bicyclic) bond motifs is 1. The van der Waals surface area contributed by atoms with E-state index in [4.69, 9.17) is 14.2 Å². The van der Waals surface area contributed by atoms with Crippen LogP contribution in [0, 0.1) is 0 Å². The predicted octanol–water partition coefficient (Wildman–Crippen LogP) is 2.24. The zero-order chi connectivity index (χ0) is 24.2. The summed E-state index contributed by atoms with van der Waals surface area (Å²) in [5, 5.41) is 2.85. The van der Waals surface area contributed by atoms with Gasteiger partial charge < -0.3 is 24.4 Å². The van der Waals surface area contributed by atoms with Gasteiger partial charge in [0, 0.05) is 43.7 Å². The minimum atomic E-state index is -0.134. The van der Waals surface area contributed by atoms with Crippen LogP contribution in [0.25, 0.3) is 0 Å². The van der Waals surface area contributed by atoms with Gasteiger partial charge in [0.1, 0.15) is 0 Å². The number of nitrogens with zero attached hydrogens (tertiary/aromatic N) is 2. The SMILES string of the molecule is COc1cc(C(=O)N2CCN(CC(=O)c3cccc4c3NC(=O)CC4)CC2)cc(OC)c1OC. The van der Waals surface area contributed by atoms with Crippen LogP contribution in [0.4, 0.5) is 5.69 Å². The van der Waals surface area contributed by atoms with Crippen molar-refractivity contribution in [3.8, 4) is 17.2 Å². The summed E-state index contributed by atoms with van der Waals surface area (Å²) in [7, 11) is 4.54. The van der Waals surface area contributed by atoms with E-state index >= 15 is 0 Å². The summed E-state index contributed by atoms with van der Waals surface area (Å²) < 4.78 is 16.0. The summed E-state index contributed by atoms with van der Waals surface area (Å²) in [6.07, 6.45) is 1.08. The van der Waals surface area contributed by atoms with Crippen LogP contribution in [-0.4, -0.2) is 81.5 Å². The fourth-order valence-electron chi connectivity index (χ4n) is 4.42. The summed E-state index contributed by atoms with van der Waals surface area (Å²) in [5.74, 6) is 1.05. The molecule has 2 aliphatic heterocycles. The smallest absolute Gasteiger partial charge is 0.254 e. The van der Waals surface area contributed by atoms with Crippen LogP contribution in [0.1, 0.15) is 32.7 Å². The molecule has 2 aromatic rings. The molecule has 2 aromatic carbocycles. The lowest BCUT2D eigenvalue weighted by atomic mass is 9.97. The molecule has 2 aliphatic rings. The first-order valence-electron chi connectivity index (χ1n) is 11.2. The molecule has 0 saturated carbocycles. The Morgan fingerprint density at radius 2 is 1.62 bits per heavy atom. The molecule has 0 bridgehead atoms. The van der Waals surface area contributed by atoms with E-state index < -0.39 is 0 Å². The summed E-state index contributed by atoms with van der Waals surface area (Å²) in [6, 6.07) is 8.85. The Kier molecular flexibility index (Phi) is 7.02. The number of para-hydroxylation sites is 1. The first-order chi connectivity index (χ1) is 16.4. The predicted molar refractivity (Wildman–Crippen MR) is 126 cm³/mol. The number of aryl methyl sites for hydroxylation is 1. The van der Waals surface area contributed by atoms with Crippen molar-refractivity contribution in [1.29, 1.82) is 0 Å². The molecule has 0 unspecified atom stereocenters. The number of hydrogen-bond acceptors (Lipinski definition) is 7. The quantitative estimate of drug-likeness (QED) is 0.624. The molecule has 34 heavy (non-hydrogen) atoms. The van der Waals surface area contributed by atoms with E-state index in [9.17, 15) is 14.4 Å². The average molecular weight is 468 g/mol. The zero-order valence-electron chi connectivity index (χ0n) is 19.7. The van der Waals surface area contributed by atoms with Crippen LogP contribution >= 0.6 is 0 Å². The number of ether oxygens (including phenoxy) is 3. The molecule has 180 valence electrons. The van der Waals surface area contributed by atoms with Gasteiger partial charge in [-0.25, -0.2) is 0 Å². The fourth-order valence-corrected chi connectivity index (χ4v) is 4.42. The molecule has 0 aromatic heterocycles. The van der Waals surface area contributed by atoms with E-state index in [-0.39, 0.29) is 24.1 Å². The van der Waals surface area contributed by atoms with Crippen molar-refractivity contribution >= 4 is 23.3 Å². The number of carbonyl (C=O) groups is 3. The topological polar surface area (TPSA) is 97.4 Å². The van der Waals surface area contributed by atoms with Crippen LogP contribution in [0.15, 0.2) is 30.3 Å². The minimum Gasteiger partial charge on any atom is -0.493 e. The van der Waals surface area contributed by atoms with Crippen molar-refractivity contribution in [2.75, 3.05) is 59.4 Å². The second-order valence-corrected chi connectivity index (χ2v) is 8.29. The highest BCUT2D eigenvalue weighted by Crippen LogP contribution is 2.38. The van der Waals surface area contributed by atoms with Crippen LogP contribution < -0.4 is 19.5 Å². The van der Waals surface area contributed by atoms with Crippen molar-refractivity contribution in [2.24, 2.45) is 0 Å². The Morgan fingerprint density at radius 1 is 0.941 bits per heavy atom. The second-order valence-electron chi connectivity index (χ2n) is 8.29. The van der Waals surface area contributed by atoms with Crippen molar-refractivity contribution in [1.82, 2.24) is 9.80 Å². The van der Waals surface area contributed by atoms with Crippen molar-refractivity contribution in [2.45, 2.75) is 12.8 Å². The fraction of sp³-hybridized carbons (Fsp3) is 0.400. The first-order valence-corrected chi connectivity index (χ1v) is 11.2. The Bertz CT molecular complexity index is 1080. The summed E-state index contributed by atoms with van der Waals surface area (Å²) >= 11 is 0. The van der Waals surface area contributed by atoms with Crippen molar-refractivity contribution in [3.05, 3.63) is 47.0 Å². The lowest BCUT2D eigenvalue weighted by molar-refractivity contribution is -0.116. The van der Waals surface area contributed by atoms with E-state index in [2.05, 4.69) is 5.32 Å². The lowest BCUT2D eigenvalue weighted by Gasteiger charge is -2.34. The van der Waals surface area contributed by atoms with E-state index in [1.54, 1.807) is 23.1 Å². The molecule has 2 heterocycles. The van der Waals surface area contributed by atoms with Crippen LogP contribution in [-0.2, 0) is 11.2 Å². The minimum absolute atomic E-state index is 0.0385. The Hall–Kier alpha value is -3.59. The summed E-state index contributed by atoms with van der Waals surface area (Å²) in [4.78, 5) is 41.8. The standard InChI is InChI=1S/C25H29N3O6/c1-32-20-13-17(14-21(33-2)24(20)34-3)25(31)28-11-9-27(10-12-28)15-19(29)18-6-4-5-16-7-8-22(30)26-23(16)18/h4-6,13-14H,7-12,15H2,1-3H3,(H,26,30). The van der Waals surface area contributed by atoms with E-state index in [1.165, 1.54) is 21.3 Å². The second kappa shape index (κ2) is 10.1. The highest BCUT2D eigenvalue weighted by molar-refractivity contribution is 6.07. The number of Topliss-reactive ketones (excluding diaryl/α,β-unsaturated/α-hetero) is 1. The van der Waals surface area contributed by atoms with Gasteiger partial charge >= 0.3 is 0 Å². The number of nitrogens with one attached hydrogen (secondary N) is 1. The molecule has 0 spiro atoms. The van der Waals surface area contributed by atoms with E-state index in [0.717, 1.165) is 5.56 Å². The summed E-state index contributed by atoms with van der Waals surface area (Å²) in [5.41, 5.74) is 2.62. The number of anilines is 1. The molecular formula is C25H29N3O6. The van der Waals surface area contributed by atoms with E-state index in [0.29, 0.717) is 73.1 Å². The number of carbonyl (C=O) groups excluding carboxylic acids is 3. The third-order valence-corrected chi connectivity index (χ3v) is 6.28. The number of piperazine rings is 1. The van der Waals surface area contributed by atoms with Gasteiger partial charge in [0.05, 0.1) is 33.6 Å². The number of hydrogen-bond donors (Lipinski definition) is 1. The highest BCUT2D eigenvalue weighted by Gasteiger charge is 2.27. The van der Waals surface area contributed by atoms with Crippen molar-refractivity contribution < 1.29 is 28.6 Å². The van der Waals surface area contributed by atoms with Gasteiger partial charge in [-0.15, -0.1) is 0 Å². The number of benzene rings is 2. The van der Waals surface area contributed by atoms with Gasteiger partial charge in [-0.2, -0.15) is 0 Å². The third kappa shape index (κ3) is 4.70. The van der Waals surface area contributed by atoms with Gasteiger partial charge in [-0.1, -0.05) is 12.1 Å². The molecule has 4 rings (SSSR count). The summed E-state index contributed by atoms with van der Waals surface area (Å²) in [6.45, 7) is 2.37. The molecule has 1 fully saturated rings. The maximum atomic E-state index is 13.1. The maximum absolute atomic E-state index is 13.1. The molecule has 1 N–H and O–H groups in total. The van der Waals surface area contributed by atoms with Crippen molar-refractivity contribution in [3.63, 3.8) is 0 Å². The van der Waals surface area contributed by atoms with E-state index in [1.807, 2.05) is 17.0 Å². The van der Waals surface area contributed by atoms with Gasteiger partial charge in [0.25, 0.3) is 5.91 Å². The Balaban J connectivity index is 1.40. The zero-order valence-corrected chi connectivity index (χ0v) is 19.7. The van der Waals surface area contributed by atoms with Gasteiger partial charge in [0.15, 0.2) is 17.3 Å².